The number of carboxylic acids is 1. The van der Waals surface area contributed by atoms with Crippen LogP contribution in [0.25, 0.3) is 11.1 Å². The highest BCUT2D eigenvalue weighted by Crippen LogP contribution is 2.33. The van der Waals surface area contributed by atoms with Crippen LogP contribution in [0.5, 0.6) is 0 Å². The number of rotatable bonds is 4. The Labute approximate surface area is 132 Å². The van der Waals surface area contributed by atoms with Gasteiger partial charge in [0.1, 0.15) is 0 Å². The molecule has 114 valence electrons. The number of carbonyl (C=O) groups is 2. The quantitative estimate of drug-likeness (QED) is 0.847. The minimum atomic E-state index is -1.92. The molecule has 0 bridgehead atoms. The molecule has 0 saturated carbocycles. The van der Waals surface area contributed by atoms with Crippen molar-refractivity contribution in [2.45, 2.75) is 24.3 Å². The van der Waals surface area contributed by atoms with Gasteiger partial charge in [-0.2, -0.15) is 0 Å². The lowest BCUT2D eigenvalue weighted by atomic mass is 9.94. The van der Waals surface area contributed by atoms with Crippen molar-refractivity contribution in [1.29, 1.82) is 0 Å². The summed E-state index contributed by atoms with van der Waals surface area (Å²) < 4.78 is 0. The van der Waals surface area contributed by atoms with Crippen molar-refractivity contribution in [3.05, 3.63) is 54.1 Å². The molecule has 5 heteroatoms. The van der Waals surface area contributed by atoms with Gasteiger partial charge in [-0.15, -0.1) is 0 Å². The SMILES string of the molecule is CC(=O)Sc1ccccc1-c1ccc(C(C)(O)C(=O)O)cc1. The minimum absolute atomic E-state index is 0.00196. The Morgan fingerprint density at radius 2 is 1.64 bits per heavy atom. The molecule has 2 aromatic rings. The predicted molar refractivity (Wildman–Crippen MR) is 85.6 cm³/mol. The standard InChI is InChI=1S/C17H16O4S/c1-11(18)22-15-6-4-3-5-14(15)12-7-9-13(10-8-12)17(2,21)16(19)20/h3-10,21H,1-2H3,(H,19,20). The lowest BCUT2D eigenvalue weighted by Crippen LogP contribution is -2.31. The van der Waals surface area contributed by atoms with E-state index in [0.717, 1.165) is 27.8 Å². The molecule has 2 aromatic carbocycles. The monoisotopic (exact) mass is 316 g/mol. The van der Waals surface area contributed by atoms with Crippen LogP contribution in [-0.4, -0.2) is 21.3 Å². The van der Waals surface area contributed by atoms with Gasteiger partial charge in [0, 0.05) is 11.8 Å². The third-order valence-electron chi connectivity index (χ3n) is 3.32. The first-order chi connectivity index (χ1) is 10.3. The van der Waals surface area contributed by atoms with Gasteiger partial charge in [0.2, 0.25) is 0 Å². The molecule has 0 saturated heterocycles. The average Bonchev–Trinajstić information content (AvgIpc) is 2.47. The normalized spacial score (nSPS) is 13.4. The molecule has 0 fully saturated rings. The lowest BCUT2D eigenvalue weighted by molar-refractivity contribution is -0.157. The minimum Gasteiger partial charge on any atom is -0.479 e. The van der Waals surface area contributed by atoms with E-state index in [2.05, 4.69) is 0 Å². The van der Waals surface area contributed by atoms with E-state index >= 15 is 0 Å². The molecule has 0 aliphatic carbocycles. The van der Waals surface area contributed by atoms with Gasteiger partial charge in [0.25, 0.3) is 0 Å². The summed E-state index contributed by atoms with van der Waals surface area (Å²) in [7, 11) is 0. The Morgan fingerprint density at radius 3 is 2.18 bits per heavy atom. The van der Waals surface area contributed by atoms with E-state index in [1.807, 2.05) is 24.3 Å². The van der Waals surface area contributed by atoms with Crippen molar-refractivity contribution in [2.24, 2.45) is 0 Å². The first kappa shape index (κ1) is 16.3. The molecule has 1 atom stereocenters. The highest BCUT2D eigenvalue weighted by Gasteiger charge is 2.31. The molecule has 0 aliphatic rings. The number of carbonyl (C=O) groups excluding carboxylic acids is 1. The van der Waals surface area contributed by atoms with E-state index in [1.165, 1.54) is 13.8 Å². The van der Waals surface area contributed by atoms with Gasteiger partial charge >= 0.3 is 5.97 Å². The third kappa shape index (κ3) is 3.37. The van der Waals surface area contributed by atoms with Crippen LogP contribution in [0.4, 0.5) is 0 Å². The number of hydrogen-bond donors (Lipinski definition) is 2. The first-order valence-corrected chi connectivity index (χ1v) is 7.48. The topological polar surface area (TPSA) is 74.6 Å². The molecule has 0 radical (unpaired) electrons. The second-order valence-corrected chi connectivity index (χ2v) is 6.26. The Balaban J connectivity index is 2.40. The zero-order chi connectivity index (χ0) is 16.3. The van der Waals surface area contributed by atoms with Gasteiger partial charge in [0.05, 0.1) is 0 Å². The number of thioether (sulfide) groups is 1. The molecule has 4 nitrogen and oxygen atoms in total. The van der Waals surface area contributed by atoms with Gasteiger partial charge in [-0.3, -0.25) is 4.79 Å². The van der Waals surface area contributed by atoms with E-state index in [-0.39, 0.29) is 5.12 Å². The maximum Gasteiger partial charge on any atom is 0.340 e. The van der Waals surface area contributed by atoms with Gasteiger partial charge in [-0.05, 0) is 29.7 Å². The van der Waals surface area contributed by atoms with Crippen molar-refractivity contribution in [2.75, 3.05) is 0 Å². The van der Waals surface area contributed by atoms with E-state index in [1.54, 1.807) is 24.3 Å². The van der Waals surface area contributed by atoms with Gasteiger partial charge in [-0.1, -0.05) is 54.2 Å². The largest absolute Gasteiger partial charge is 0.479 e. The van der Waals surface area contributed by atoms with Crippen LogP contribution in [0.1, 0.15) is 19.4 Å². The number of aliphatic carboxylic acids is 1. The van der Waals surface area contributed by atoms with Crippen LogP contribution in [0.2, 0.25) is 0 Å². The summed E-state index contributed by atoms with van der Waals surface area (Å²) in [6.45, 7) is 2.75. The molecule has 0 amide bonds. The van der Waals surface area contributed by atoms with Crippen LogP contribution < -0.4 is 0 Å². The number of carboxylic acid groups (broad SMARTS) is 1. The van der Waals surface area contributed by atoms with Crippen molar-refractivity contribution >= 4 is 22.8 Å². The van der Waals surface area contributed by atoms with E-state index in [4.69, 9.17) is 5.11 Å². The summed E-state index contributed by atoms with van der Waals surface area (Å²) in [6, 6.07) is 14.1. The fourth-order valence-electron chi connectivity index (χ4n) is 2.05. The molecule has 22 heavy (non-hydrogen) atoms. The Kier molecular flexibility index (Phi) is 4.68. The molecule has 0 aromatic heterocycles. The summed E-state index contributed by atoms with van der Waals surface area (Å²) in [6.07, 6.45) is 0. The maximum absolute atomic E-state index is 11.3. The summed E-state index contributed by atoms with van der Waals surface area (Å²) in [5.41, 5.74) is 0.130. The molecule has 2 rings (SSSR count). The molecule has 0 aliphatic heterocycles. The zero-order valence-corrected chi connectivity index (χ0v) is 13.1. The molecule has 0 heterocycles. The van der Waals surface area contributed by atoms with Gasteiger partial charge in [0.15, 0.2) is 10.7 Å². The van der Waals surface area contributed by atoms with E-state index < -0.39 is 11.6 Å². The highest BCUT2D eigenvalue weighted by atomic mass is 32.2. The molecule has 0 spiro atoms. The van der Waals surface area contributed by atoms with Crippen molar-refractivity contribution in [3.63, 3.8) is 0 Å². The van der Waals surface area contributed by atoms with E-state index in [0.29, 0.717) is 5.56 Å². The van der Waals surface area contributed by atoms with Crippen molar-refractivity contribution < 1.29 is 19.8 Å². The second kappa shape index (κ2) is 6.34. The summed E-state index contributed by atoms with van der Waals surface area (Å²) in [5.74, 6) is -1.30. The molecule has 2 N–H and O–H groups in total. The fraction of sp³-hybridized carbons (Fsp3) is 0.176. The Hall–Kier alpha value is -2.11. The van der Waals surface area contributed by atoms with Crippen LogP contribution in [0.15, 0.2) is 53.4 Å². The van der Waals surface area contributed by atoms with Crippen molar-refractivity contribution in [3.8, 4) is 11.1 Å². The molecular weight excluding hydrogens is 300 g/mol. The van der Waals surface area contributed by atoms with Crippen LogP contribution in [-0.2, 0) is 15.2 Å². The molecule has 1 unspecified atom stereocenters. The predicted octanol–water partition coefficient (Wildman–Crippen LogP) is 3.28. The van der Waals surface area contributed by atoms with Crippen LogP contribution in [0, 0.1) is 0 Å². The fourth-order valence-corrected chi connectivity index (χ4v) is 2.80. The highest BCUT2D eigenvalue weighted by molar-refractivity contribution is 8.13. The van der Waals surface area contributed by atoms with Crippen molar-refractivity contribution in [1.82, 2.24) is 0 Å². The average molecular weight is 316 g/mol. The van der Waals surface area contributed by atoms with E-state index in [9.17, 15) is 14.7 Å². The number of hydrogen-bond acceptors (Lipinski definition) is 4. The number of aliphatic hydroxyl groups is 1. The first-order valence-electron chi connectivity index (χ1n) is 6.66. The van der Waals surface area contributed by atoms with Gasteiger partial charge in [-0.25, -0.2) is 4.79 Å². The lowest BCUT2D eigenvalue weighted by Gasteiger charge is -2.18. The van der Waals surface area contributed by atoms with Crippen LogP contribution >= 0.6 is 11.8 Å². The summed E-state index contributed by atoms with van der Waals surface area (Å²) >= 11 is 1.15. The Morgan fingerprint density at radius 1 is 1.05 bits per heavy atom. The zero-order valence-electron chi connectivity index (χ0n) is 12.2. The van der Waals surface area contributed by atoms with Crippen LogP contribution in [0.3, 0.4) is 0 Å². The maximum atomic E-state index is 11.3. The second-order valence-electron chi connectivity index (χ2n) is 5.04. The summed E-state index contributed by atoms with van der Waals surface area (Å²) in [5, 5.41) is 19.0. The third-order valence-corrected chi connectivity index (χ3v) is 4.18. The molecular formula is C17H16O4S. The summed E-state index contributed by atoms with van der Waals surface area (Å²) in [4.78, 5) is 23.2. The smallest absolute Gasteiger partial charge is 0.340 e. The Bertz CT molecular complexity index is 705. The number of benzene rings is 2. The van der Waals surface area contributed by atoms with Gasteiger partial charge < -0.3 is 10.2 Å².